The van der Waals surface area contributed by atoms with Crippen LogP contribution in [0, 0.1) is 10.8 Å². The largest absolute Gasteiger partial charge is 0.491 e. The first-order valence-electron chi connectivity index (χ1n) is 14.3. The van der Waals surface area contributed by atoms with Gasteiger partial charge in [-0.3, -0.25) is 4.98 Å². The number of hydrogen-bond acceptors (Lipinski definition) is 10. The summed E-state index contributed by atoms with van der Waals surface area (Å²) >= 11 is 1.57. The average molecular weight is 644 g/mol. The van der Waals surface area contributed by atoms with Gasteiger partial charge in [0.15, 0.2) is 9.84 Å². The summed E-state index contributed by atoms with van der Waals surface area (Å²) in [6.45, 7) is 13.6. The van der Waals surface area contributed by atoms with E-state index in [2.05, 4.69) is 15.3 Å². The number of thiazole rings is 1. The van der Waals surface area contributed by atoms with Crippen molar-refractivity contribution in [3.8, 4) is 5.75 Å². The Bertz CT molecular complexity index is 1740. The van der Waals surface area contributed by atoms with Crippen molar-refractivity contribution in [1.29, 1.82) is 0 Å². The van der Waals surface area contributed by atoms with E-state index in [9.17, 15) is 13.2 Å². The quantitative estimate of drug-likeness (QED) is 0.153. The van der Waals surface area contributed by atoms with Crippen LogP contribution in [0.3, 0.4) is 0 Å². The lowest BCUT2D eigenvalue weighted by atomic mass is 9.94. The van der Waals surface area contributed by atoms with E-state index in [0.717, 1.165) is 15.9 Å². The molecule has 0 fully saturated rings. The lowest BCUT2D eigenvalue weighted by molar-refractivity contribution is -0.143. The number of fused-ring (bicyclic) bond motifs is 2. The molecule has 10 nitrogen and oxygen atoms in total. The standard InChI is InChI=1S/C32H41N3O7S2/c1-30(2,3)44(38,39)28-13-22-23(35-21-8-9-27-25(12-21)34-20-43-27)10-11-33-24(22)14-26(28)42-19-32(6,7)18-41-17-31(4,5)16-40-15-29(36)37/h8-14,20H,15-19H2,1-7H3,(H,33,35)(H,36,37). The minimum absolute atomic E-state index is 0.0944. The van der Waals surface area contributed by atoms with E-state index in [4.69, 9.17) is 19.3 Å². The summed E-state index contributed by atoms with van der Waals surface area (Å²) in [4.78, 5) is 19.8. The molecule has 0 atom stereocenters. The number of aromatic nitrogens is 2. The molecule has 4 rings (SSSR count). The molecule has 0 amide bonds. The molecule has 0 spiro atoms. The summed E-state index contributed by atoms with van der Waals surface area (Å²) in [5.41, 5.74) is 3.95. The van der Waals surface area contributed by atoms with Gasteiger partial charge in [-0.25, -0.2) is 18.2 Å². The third-order valence-corrected chi connectivity index (χ3v) is 10.2. The number of anilines is 2. The van der Waals surface area contributed by atoms with E-state index in [1.54, 1.807) is 55.9 Å². The molecule has 0 saturated heterocycles. The number of aliphatic carboxylic acids is 1. The number of pyridine rings is 1. The van der Waals surface area contributed by atoms with Crippen molar-refractivity contribution < 1.29 is 32.5 Å². The molecule has 0 unspecified atom stereocenters. The van der Waals surface area contributed by atoms with Gasteiger partial charge in [0.1, 0.15) is 17.3 Å². The summed E-state index contributed by atoms with van der Waals surface area (Å²) in [5.74, 6) is -0.783. The van der Waals surface area contributed by atoms with Crippen LogP contribution in [0.25, 0.3) is 21.1 Å². The normalized spacial score (nSPS) is 13.0. The number of carboxylic acid groups (broad SMARTS) is 1. The first kappa shape index (κ1) is 33.6. The molecule has 0 saturated carbocycles. The van der Waals surface area contributed by atoms with Crippen LogP contribution < -0.4 is 10.1 Å². The minimum atomic E-state index is -3.80. The zero-order valence-corrected chi connectivity index (χ0v) is 27.9. The van der Waals surface area contributed by atoms with Crippen LogP contribution in [0.5, 0.6) is 5.75 Å². The van der Waals surface area contributed by atoms with Crippen LogP contribution in [0.4, 0.5) is 11.4 Å². The summed E-state index contributed by atoms with van der Waals surface area (Å²) in [7, 11) is -3.80. The topological polar surface area (TPSA) is 137 Å². The van der Waals surface area contributed by atoms with Gasteiger partial charge in [-0.2, -0.15) is 0 Å². The molecule has 2 N–H and O–H groups in total. The second-order valence-corrected chi connectivity index (χ2v) is 17.0. The molecule has 0 bridgehead atoms. The third kappa shape index (κ3) is 8.23. The Morgan fingerprint density at radius 2 is 1.57 bits per heavy atom. The molecule has 44 heavy (non-hydrogen) atoms. The number of sulfone groups is 1. The maximum atomic E-state index is 13.8. The Morgan fingerprint density at radius 1 is 0.886 bits per heavy atom. The summed E-state index contributed by atoms with van der Waals surface area (Å²) < 4.78 is 45.1. The lowest BCUT2D eigenvalue weighted by Crippen LogP contribution is -2.32. The number of rotatable bonds is 14. The van der Waals surface area contributed by atoms with Crippen molar-refractivity contribution in [3.05, 3.63) is 48.1 Å². The van der Waals surface area contributed by atoms with Gasteiger partial charge in [-0.15, -0.1) is 11.3 Å². The van der Waals surface area contributed by atoms with Crippen molar-refractivity contribution in [2.75, 3.05) is 38.4 Å². The van der Waals surface area contributed by atoms with Gasteiger partial charge in [0.2, 0.25) is 0 Å². The predicted octanol–water partition coefficient (Wildman–Crippen LogP) is 6.71. The smallest absolute Gasteiger partial charge is 0.329 e. The van der Waals surface area contributed by atoms with E-state index in [0.29, 0.717) is 29.8 Å². The van der Waals surface area contributed by atoms with E-state index in [1.807, 2.05) is 52.0 Å². The van der Waals surface area contributed by atoms with E-state index < -0.39 is 26.0 Å². The van der Waals surface area contributed by atoms with Crippen LogP contribution >= 0.6 is 11.3 Å². The van der Waals surface area contributed by atoms with Gasteiger partial charge in [0.05, 0.1) is 52.4 Å². The number of benzene rings is 2. The third-order valence-electron chi connectivity index (χ3n) is 6.83. The Hall–Kier alpha value is -3.32. The van der Waals surface area contributed by atoms with Crippen LogP contribution in [-0.4, -0.2) is 67.2 Å². The van der Waals surface area contributed by atoms with Gasteiger partial charge in [-0.05, 0) is 51.1 Å². The van der Waals surface area contributed by atoms with Crippen molar-refractivity contribution in [2.45, 2.75) is 58.1 Å². The lowest BCUT2D eigenvalue weighted by Gasteiger charge is -2.29. The van der Waals surface area contributed by atoms with Crippen LogP contribution in [0.1, 0.15) is 48.5 Å². The molecule has 4 aromatic rings. The first-order chi connectivity index (χ1) is 20.5. The molecule has 2 aromatic carbocycles. The average Bonchev–Trinajstić information content (AvgIpc) is 3.38. The molecule has 238 valence electrons. The SMILES string of the molecule is CC(C)(COCC(=O)O)COCC(C)(C)COc1cc2nccc(Nc3ccc4scnc4c3)c2cc1S(=O)(=O)C(C)(C)C. The Labute approximate surface area is 262 Å². The number of nitrogens with one attached hydrogen (secondary N) is 1. The molecule has 12 heteroatoms. The molecular weight excluding hydrogens is 603 g/mol. The molecule has 0 aliphatic carbocycles. The second-order valence-electron chi connectivity index (χ2n) is 13.4. The molecular formula is C32H41N3O7S2. The summed E-state index contributed by atoms with van der Waals surface area (Å²) in [5, 5.41) is 12.9. The highest BCUT2D eigenvalue weighted by molar-refractivity contribution is 7.92. The fraction of sp³-hybridized carbons (Fsp3) is 0.469. The van der Waals surface area contributed by atoms with Crippen molar-refractivity contribution in [1.82, 2.24) is 9.97 Å². The first-order valence-corrected chi connectivity index (χ1v) is 16.6. The molecule has 0 aliphatic heterocycles. The summed E-state index contributed by atoms with van der Waals surface area (Å²) in [6.07, 6.45) is 1.67. The van der Waals surface area contributed by atoms with Gasteiger partial charge < -0.3 is 24.6 Å². The molecule has 0 aliphatic rings. The predicted molar refractivity (Wildman–Crippen MR) is 174 cm³/mol. The molecule has 0 radical (unpaired) electrons. The Kier molecular flexibility index (Phi) is 9.89. The number of carboxylic acids is 1. The van der Waals surface area contributed by atoms with Gasteiger partial charge >= 0.3 is 5.97 Å². The maximum Gasteiger partial charge on any atom is 0.329 e. The zero-order chi connectivity index (χ0) is 32.3. The number of carbonyl (C=O) groups is 1. The van der Waals surface area contributed by atoms with Crippen molar-refractivity contribution >= 4 is 59.6 Å². The summed E-state index contributed by atoms with van der Waals surface area (Å²) in [6, 6.07) is 11.1. The fourth-order valence-electron chi connectivity index (χ4n) is 4.38. The molecule has 2 heterocycles. The second kappa shape index (κ2) is 13.0. The fourth-order valence-corrected chi connectivity index (χ4v) is 6.36. The van der Waals surface area contributed by atoms with Gasteiger partial charge in [0, 0.05) is 39.9 Å². The number of ether oxygens (including phenoxy) is 3. The molecule has 2 aromatic heterocycles. The van der Waals surface area contributed by atoms with E-state index in [1.165, 1.54) is 0 Å². The van der Waals surface area contributed by atoms with Crippen LogP contribution in [0.15, 0.2) is 53.0 Å². The highest BCUT2D eigenvalue weighted by Crippen LogP contribution is 2.38. The highest BCUT2D eigenvalue weighted by Gasteiger charge is 2.35. The van der Waals surface area contributed by atoms with Gasteiger partial charge in [-0.1, -0.05) is 27.7 Å². The number of hydrogen-bond donors (Lipinski definition) is 2. The van der Waals surface area contributed by atoms with Crippen LogP contribution in [-0.2, 0) is 24.1 Å². The minimum Gasteiger partial charge on any atom is -0.491 e. The van der Waals surface area contributed by atoms with E-state index in [-0.39, 0.29) is 35.9 Å². The Balaban J connectivity index is 1.57. The highest BCUT2D eigenvalue weighted by atomic mass is 32.2. The van der Waals surface area contributed by atoms with Crippen LogP contribution in [0.2, 0.25) is 0 Å². The maximum absolute atomic E-state index is 13.8. The Morgan fingerprint density at radius 3 is 2.25 bits per heavy atom. The zero-order valence-electron chi connectivity index (χ0n) is 26.3. The number of nitrogens with zero attached hydrogens (tertiary/aromatic N) is 2. The van der Waals surface area contributed by atoms with Gasteiger partial charge in [0.25, 0.3) is 0 Å². The van der Waals surface area contributed by atoms with Crippen molar-refractivity contribution in [3.63, 3.8) is 0 Å². The van der Waals surface area contributed by atoms with Crippen molar-refractivity contribution in [2.24, 2.45) is 10.8 Å². The van der Waals surface area contributed by atoms with E-state index >= 15 is 0 Å². The monoisotopic (exact) mass is 643 g/mol.